The van der Waals surface area contributed by atoms with Crippen LogP contribution in [0.15, 0.2) is 0 Å². The zero-order chi connectivity index (χ0) is 18.1. The molecular formula is C16H36BF4P. The van der Waals surface area contributed by atoms with Gasteiger partial charge in [-0.15, -0.1) is 0 Å². The van der Waals surface area contributed by atoms with Gasteiger partial charge < -0.3 is 17.3 Å². The van der Waals surface area contributed by atoms with Crippen molar-refractivity contribution in [3.63, 3.8) is 0 Å². The van der Waals surface area contributed by atoms with Crippen molar-refractivity contribution in [3.8, 4) is 0 Å². The van der Waals surface area contributed by atoms with Gasteiger partial charge in [-0.25, -0.2) is 0 Å². The third-order valence-corrected chi connectivity index (χ3v) is 9.03. The summed E-state index contributed by atoms with van der Waals surface area (Å²) in [6.45, 7) is 19.3. The van der Waals surface area contributed by atoms with Crippen LogP contribution in [0.4, 0.5) is 17.3 Å². The Balaban J connectivity index is 0. The lowest BCUT2D eigenvalue weighted by Crippen LogP contribution is -2.22. The highest BCUT2D eigenvalue weighted by Gasteiger charge is 2.39. The van der Waals surface area contributed by atoms with E-state index in [9.17, 15) is 17.3 Å². The average Bonchev–Trinajstić information content (AvgIpc) is 2.06. The molecule has 0 radical (unpaired) electrons. The van der Waals surface area contributed by atoms with E-state index >= 15 is 0 Å². The van der Waals surface area contributed by atoms with Gasteiger partial charge in [0.25, 0.3) is 0 Å². The SMILES string of the molecule is CC(C)C[P+](CC(C)C)(CC(C)C)CC(C)C.F[B-](F)(F)F. The fourth-order valence-electron chi connectivity index (χ4n) is 3.55. The summed E-state index contributed by atoms with van der Waals surface area (Å²) in [5.41, 5.74) is 0. The van der Waals surface area contributed by atoms with Crippen LogP contribution in [0.5, 0.6) is 0 Å². The van der Waals surface area contributed by atoms with E-state index in [0.29, 0.717) is 0 Å². The van der Waals surface area contributed by atoms with E-state index in [1.807, 2.05) is 0 Å². The van der Waals surface area contributed by atoms with Crippen molar-refractivity contribution in [1.29, 1.82) is 0 Å². The largest absolute Gasteiger partial charge is 0.673 e. The van der Waals surface area contributed by atoms with Crippen LogP contribution in [0.1, 0.15) is 55.4 Å². The van der Waals surface area contributed by atoms with Crippen molar-refractivity contribution in [3.05, 3.63) is 0 Å². The Kier molecular flexibility index (Phi) is 12.1. The molecule has 0 aromatic carbocycles. The van der Waals surface area contributed by atoms with Crippen LogP contribution in [0, 0.1) is 23.7 Å². The topological polar surface area (TPSA) is 0 Å². The highest BCUT2D eigenvalue weighted by Crippen LogP contribution is 2.63. The van der Waals surface area contributed by atoms with Crippen molar-refractivity contribution in [1.82, 2.24) is 0 Å². The van der Waals surface area contributed by atoms with Gasteiger partial charge in [0.15, 0.2) is 0 Å². The molecule has 0 saturated carbocycles. The zero-order valence-electron chi connectivity index (χ0n) is 15.7. The van der Waals surface area contributed by atoms with Gasteiger partial charge in [0, 0.05) is 7.26 Å². The predicted octanol–water partition coefficient (Wildman–Crippen LogP) is 6.93. The van der Waals surface area contributed by atoms with Crippen LogP contribution in [-0.4, -0.2) is 31.9 Å². The molecule has 0 unspecified atom stereocenters. The van der Waals surface area contributed by atoms with E-state index in [4.69, 9.17) is 0 Å². The van der Waals surface area contributed by atoms with Crippen LogP contribution in [-0.2, 0) is 0 Å². The summed E-state index contributed by atoms with van der Waals surface area (Å²) in [6, 6.07) is 0. The molecule has 0 amide bonds. The molecule has 0 bridgehead atoms. The lowest BCUT2D eigenvalue weighted by Gasteiger charge is -2.33. The first-order valence-electron chi connectivity index (χ1n) is 8.39. The first-order chi connectivity index (χ1) is 9.67. The van der Waals surface area contributed by atoms with E-state index in [0.717, 1.165) is 23.7 Å². The van der Waals surface area contributed by atoms with Crippen molar-refractivity contribution in [2.75, 3.05) is 24.6 Å². The number of rotatable bonds is 8. The van der Waals surface area contributed by atoms with Gasteiger partial charge in [0.05, 0.1) is 24.6 Å². The van der Waals surface area contributed by atoms with E-state index in [-0.39, 0.29) is 0 Å². The standard InChI is InChI=1S/C16H36P.BF4/c1-13(2)9-17(10-14(3)4,11-15(5)6)12-16(7)8;2-1(3,4)5/h13-16H,9-12H2,1-8H3;/q+1;-1. The molecule has 0 aliphatic carbocycles. The molecule has 0 nitrogen and oxygen atoms in total. The molecular weight excluding hydrogens is 310 g/mol. The van der Waals surface area contributed by atoms with Gasteiger partial charge in [-0.1, -0.05) is 55.4 Å². The van der Waals surface area contributed by atoms with Gasteiger partial charge >= 0.3 is 7.25 Å². The van der Waals surface area contributed by atoms with Crippen molar-refractivity contribution in [2.45, 2.75) is 55.4 Å². The van der Waals surface area contributed by atoms with Crippen LogP contribution < -0.4 is 0 Å². The fraction of sp³-hybridized carbons (Fsp3) is 1.00. The summed E-state index contributed by atoms with van der Waals surface area (Å²) >= 11 is 0. The molecule has 0 spiro atoms. The van der Waals surface area contributed by atoms with Gasteiger partial charge in [-0.05, 0) is 23.7 Å². The predicted molar refractivity (Wildman–Crippen MR) is 95.9 cm³/mol. The molecule has 0 aliphatic heterocycles. The minimum absolute atomic E-state index is 0.721. The first kappa shape index (κ1) is 24.5. The van der Waals surface area contributed by atoms with Gasteiger partial charge in [-0.3, -0.25) is 0 Å². The average molecular weight is 346 g/mol. The van der Waals surface area contributed by atoms with Crippen molar-refractivity contribution in [2.24, 2.45) is 23.7 Å². The molecule has 0 aromatic heterocycles. The molecule has 22 heavy (non-hydrogen) atoms. The van der Waals surface area contributed by atoms with E-state index < -0.39 is 14.5 Å². The molecule has 0 atom stereocenters. The summed E-state index contributed by atoms with van der Waals surface area (Å²) in [5.74, 6) is 3.50. The van der Waals surface area contributed by atoms with Gasteiger partial charge in [-0.2, -0.15) is 0 Å². The lowest BCUT2D eigenvalue weighted by atomic mass is 10.2. The summed E-state index contributed by atoms with van der Waals surface area (Å²) < 4.78 is 39.0. The van der Waals surface area contributed by atoms with E-state index in [1.54, 1.807) is 0 Å². The molecule has 0 heterocycles. The van der Waals surface area contributed by atoms with Gasteiger partial charge in [0.2, 0.25) is 0 Å². The first-order valence-corrected chi connectivity index (χ1v) is 10.9. The second-order valence-electron chi connectivity index (χ2n) is 8.14. The lowest BCUT2D eigenvalue weighted by molar-refractivity contribution is 0.368. The maximum atomic E-state index is 9.75. The third kappa shape index (κ3) is 18.3. The Morgan fingerprint density at radius 3 is 0.773 bits per heavy atom. The molecule has 0 fully saturated rings. The van der Waals surface area contributed by atoms with Crippen LogP contribution in [0.25, 0.3) is 0 Å². The van der Waals surface area contributed by atoms with E-state index in [1.165, 1.54) is 24.6 Å². The van der Waals surface area contributed by atoms with Crippen LogP contribution in [0.3, 0.4) is 0 Å². The number of hydrogen-bond donors (Lipinski definition) is 0. The summed E-state index contributed by atoms with van der Waals surface area (Å²) in [4.78, 5) is 0. The second-order valence-corrected chi connectivity index (χ2v) is 12.3. The Labute approximate surface area is 136 Å². The quantitative estimate of drug-likeness (QED) is 0.254. The number of hydrogen-bond acceptors (Lipinski definition) is 0. The number of halogens is 4. The smallest absolute Gasteiger partial charge is 0.418 e. The van der Waals surface area contributed by atoms with E-state index in [2.05, 4.69) is 55.4 Å². The van der Waals surface area contributed by atoms with Crippen molar-refractivity contribution < 1.29 is 17.3 Å². The fourth-order valence-corrected chi connectivity index (χ4v) is 10.6. The Bertz CT molecular complexity index is 224. The molecule has 136 valence electrons. The molecule has 0 saturated heterocycles. The molecule has 0 aromatic rings. The molecule has 0 aliphatic rings. The van der Waals surface area contributed by atoms with Crippen LogP contribution in [0.2, 0.25) is 0 Å². The second kappa shape index (κ2) is 10.9. The maximum Gasteiger partial charge on any atom is 0.673 e. The minimum atomic E-state index is -6.00. The third-order valence-electron chi connectivity index (χ3n) is 3.01. The highest BCUT2D eigenvalue weighted by molar-refractivity contribution is 7.75. The molecule has 6 heteroatoms. The highest BCUT2D eigenvalue weighted by atomic mass is 31.2. The molecule has 0 rings (SSSR count). The minimum Gasteiger partial charge on any atom is -0.418 e. The Hall–Kier alpha value is 0.215. The maximum absolute atomic E-state index is 9.75. The summed E-state index contributed by atoms with van der Waals surface area (Å²) in [5, 5.41) is 0. The zero-order valence-corrected chi connectivity index (χ0v) is 16.6. The summed E-state index contributed by atoms with van der Waals surface area (Å²) in [6.07, 6.45) is 6.06. The van der Waals surface area contributed by atoms with Gasteiger partial charge in [0.1, 0.15) is 0 Å². The monoisotopic (exact) mass is 346 g/mol. The molecule has 0 N–H and O–H groups in total. The Morgan fingerprint density at radius 2 is 0.682 bits per heavy atom. The van der Waals surface area contributed by atoms with Crippen molar-refractivity contribution >= 4 is 14.5 Å². The normalized spacial score (nSPS) is 13.1. The summed E-state index contributed by atoms with van der Waals surface area (Å²) in [7, 11) is -6.72. The van der Waals surface area contributed by atoms with Crippen LogP contribution >= 0.6 is 7.26 Å². The Morgan fingerprint density at radius 1 is 0.545 bits per heavy atom.